The minimum atomic E-state index is -1.35. The minimum Gasteiger partial charge on any atom is -0.295 e. The van der Waals surface area contributed by atoms with Crippen molar-refractivity contribution in [3.8, 4) is 0 Å². The summed E-state index contributed by atoms with van der Waals surface area (Å²) in [5.74, 6) is -2.92. The van der Waals surface area contributed by atoms with Crippen molar-refractivity contribution in [3.05, 3.63) is 0 Å². The summed E-state index contributed by atoms with van der Waals surface area (Å²) in [6.07, 6.45) is 4.23. The van der Waals surface area contributed by atoms with Gasteiger partial charge >= 0.3 is 5.97 Å². The fraction of sp³-hybridized carbons (Fsp3) is 0.950. The second kappa shape index (κ2) is 12.7. The van der Waals surface area contributed by atoms with Crippen molar-refractivity contribution in [2.75, 3.05) is 0 Å². The van der Waals surface area contributed by atoms with Gasteiger partial charge in [-0.2, -0.15) is 9.78 Å². The number of carbonyl (C=O) groups is 1. The molecule has 0 radical (unpaired) electrons. The average molecular weight is 393 g/mol. The van der Waals surface area contributed by atoms with Crippen LogP contribution < -0.4 is 0 Å². The molecule has 0 spiro atoms. The van der Waals surface area contributed by atoms with Gasteiger partial charge in [0.1, 0.15) is 0 Å². The summed E-state index contributed by atoms with van der Waals surface area (Å²) in [6, 6.07) is 0. The van der Waals surface area contributed by atoms with Crippen LogP contribution in [0.15, 0.2) is 0 Å². The van der Waals surface area contributed by atoms with E-state index in [1.165, 1.54) is 0 Å². The Hall–Kier alpha value is -0.730. The lowest BCUT2D eigenvalue weighted by Gasteiger charge is -2.33. The van der Waals surface area contributed by atoms with Gasteiger partial charge in [-0.3, -0.25) is 4.89 Å². The maximum atomic E-state index is 12.3. The summed E-state index contributed by atoms with van der Waals surface area (Å²) >= 11 is 0. The van der Waals surface area contributed by atoms with Crippen molar-refractivity contribution in [1.82, 2.24) is 0 Å². The van der Waals surface area contributed by atoms with Crippen molar-refractivity contribution in [3.63, 3.8) is 0 Å². The summed E-state index contributed by atoms with van der Waals surface area (Å²) in [7, 11) is 0. The van der Waals surface area contributed by atoms with Crippen LogP contribution in [-0.4, -0.2) is 22.8 Å². The van der Waals surface area contributed by atoms with Gasteiger partial charge in [0.25, 0.3) is 0 Å². The summed E-state index contributed by atoms with van der Waals surface area (Å²) in [5.41, 5.74) is 0. The van der Waals surface area contributed by atoms with Crippen LogP contribution in [0.3, 0.4) is 0 Å². The quantitative estimate of drug-likeness (QED) is 0.219. The molecule has 0 rings (SSSR count). The van der Waals surface area contributed by atoms with Gasteiger partial charge < -0.3 is 0 Å². The molecule has 0 aromatic rings. The van der Waals surface area contributed by atoms with E-state index >= 15 is 0 Å². The number of carbonyl (C=O) groups excluding carboxylic acids is 1. The lowest BCUT2D eigenvalue weighted by atomic mass is 10.00. The zero-order chi connectivity index (χ0) is 21.1. The van der Waals surface area contributed by atoms with Gasteiger partial charge in [0.05, 0.1) is 5.92 Å². The number of hydrogen-bond acceptors (Lipinski definition) is 7. The molecular formula is C20H40O7. The standard InChI is InChI=1S/C20H40O7/c1-9-11-12-17(10-2)18(21)23-25-20(8,14-16(5)6)27-26-19(7,24-22)13-15(3)4/h15-17,22H,9-14H2,1-8H3. The maximum absolute atomic E-state index is 12.3. The van der Waals surface area contributed by atoms with Crippen molar-refractivity contribution in [1.29, 1.82) is 0 Å². The highest BCUT2D eigenvalue weighted by Crippen LogP contribution is 2.29. The smallest absolute Gasteiger partial charge is 0.295 e. The molecule has 0 amide bonds. The first-order chi connectivity index (χ1) is 12.5. The van der Waals surface area contributed by atoms with E-state index in [1.54, 1.807) is 13.8 Å². The molecule has 0 aliphatic carbocycles. The molecule has 0 bridgehead atoms. The predicted octanol–water partition coefficient (Wildman–Crippen LogP) is 5.64. The van der Waals surface area contributed by atoms with E-state index in [-0.39, 0.29) is 17.8 Å². The van der Waals surface area contributed by atoms with E-state index in [1.807, 2.05) is 34.6 Å². The van der Waals surface area contributed by atoms with Crippen LogP contribution >= 0.6 is 0 Å². The Labute approximate surface area is 164 Å². The predicted molar refractivity (Wildman–Crippen MR) is 102 cm³/mol. The number of rotatable bonds is 15. The third kappa shape index (κ3) is 11.0. The Morgan fingerprint density at radius 3 is 1.89 bits per heavy atom. The fourth-order valence-corrected chi connectivity index (χ4v) is 2.96. The SMILES string of the molecule is CCCCC(CC)C(=O)OOC(C)(CC(C)C)OOC(C)(CC(C)C)OO. The summed E-state index contributed by atoms with van der Waals surface area (Å²) in [6.45, 7) is 15.1. The monoisotopic (exact) mass is 392 g/mol. The van der Waals surface area contributed by atoms with E-state index in [9.17, 15) is 10.1 Å². The van der Waals surface area contributed by atoms with Gasteiger partial charge in [-0.15, -0.1) is 4.89 Å². The first-order valence-electron chi connectivity index (χ1n) is 10.1. The molecule has 3 atom stereocenters. The molecule has 0 aliphatic heterocycles. The molecule has 27 heavy (non-hydrogen) atoms. The lowest BCUT2D eigenvalue weighted by Crippen LogP contribution is -2.41. The molecule has 0 saturated heterocycles. The van der Waals surface area contributed by atoms with E-state index in [0.29, 0.717) is 19.3 Å². The Balaban J connectivity index is 4.94. The molecule has 1 N–H and O–H groups in total. The molecule has 7 heteroatoms. The second-order valence-electron chi connectivity index (χ2n) is 8.45. The minimum absolute atomic E-state index is 0.186. The van der Waals surface area contributed by atoms with Crippen LogP contribution in [0.4, 0.5) is 0 Å². The number of hydrogen-bond donors (Lipinski definition) is 1. The Kier molecular flexibility index (Phi) is 12.3. The molecule has 7 nitrogen and oxygen atoms in total. The van der Waals surface area contributed by atoms with Gasteiger partial charge in [-0.25, -0.2) is 14.9 Å². The summed E-state index contributed by atoms with van der Waals surface area (Å²) < 4.78 is 0. The van der Waals surface area contributed by atoms with Crippen LogP contribution in [0.5, 0.6) is 0 Å². The fourth-order valence-electron chi connectivity index (χ4n) is 2.96. The van der Waals surface area contributed by atoms with Crippen molar-refractivity contribution >= 4 is 5.97 Å². The highest BCUT2D eigenvalue weighted by atomic mass is 17.3. The summed E-state index contributed by atoms with van der Waals surface area (Å²) in [5, 5.41) is 9.19. The van der Waals surface area contributed by atoms with Crippen molar-refractivity contribution in [2.45, 2.75) is 105 Å². The highest BCUT2D eigenvalue weighted by molar-refractivity contribution is 5.71. The van der Waals surface area contributed by atoms with Crippen LogP contribution in [0, 0.1) is 17.8 Å². The molecule has 0 saturated carbocycles. The highest BCUT2D eigenvalue weighted by Gasteiger charge is 2.38. The summed E-state index contributed by atoms with van der Waals surface area (Å²) in [4.78, 5) is 38.0. The van der Waals surface area contributed by atoms with Crippen LogP contribution in [0.25, 0.3) is 0 Å². The van der Waals surface area contributed by atoms with Gasteiger partial charge in [0, 0.05) is 12.8 Å². The van der Waals surface area contributed by atoms with Crippen LogP contribution in [-0.2, 0) is 29.2 Å². The molecule has 0 aromatic carbocycles. The average Bonchev–Trinajstić information content (AvgIpc) is 2.58. The topological polar surface area (TPSA) is 83.5 Å². The first-order valence-corrected chi connectivity index (χ1v) is 10.1. The zero-order valence-corrected chi connectivity index (χ0v) is 18.4. The van der Waals surface area contributed by atoms with Crippen LogP contribution in [0.2, 0.25) is 0 Å². The zero-order valence-electron chi connectivity index (χ0n) is 18.4. The molecule has 0 heterocycles. The third-order valence-electron chi connectivity index (χ3n) is 4.18. The Morgan fingerprint density at radius 1 is 0.926 bits per heavy atom. The molecule has 0 fully saturated rings. The second-order valence-corrected chi connectivity index (χ2v) is 8.45. The molecule has 162 valence electrons. The molecular weight excluding hydrogens is 352 g/mol. The molecule has 3 unspecified atom stereocenters. The van der Waals surface area contributed by atoms with Gasteiger partial charge in [-0.05, 0) is 38.5 Å². The van der Waals surface area contributed by atoms with Crippen LogP contribution in [0.1, 0.15) is 93.9 Å². The van der Waals surface area contributed by atoms with Gasteiger partial charge in [-0.1, -0.05) is 54.4 Å². The van der Waals surface area contributed by atoms with Crippen molar-refractivity contribution in [2.24, 2.45) is 17.8 Å². The lowest BCUT2D eigenvalue weighted by molar-refractivity contribution is -0.567. The van der Waals surface area contributed by atoms with E-state index in [0.717, 1.165) is 19.3 Å². The van der Waals surface area contributed by atoms with Gasteiger partial charge in [0.2, 0.25) is 11.6 Å². The van der Waals surface area contributed by atoms with Crippen molar-refractivity contribution < 1.29 is 34.5 Å². The van der Waals surface area contributed by atoms with E-state index in [4.69, 9.17) is 19.6 Å². The third-order valence-corrected chi connectivity index (χ3v) is 4.18. The van der Waals surface area contributed by atoms with E-state index < -0.39 is 17.5 Å². The maximum Gasteiger partial charge on any atom is 0.345 e. The van der Waals surface area contributed by atoms with Gasteiger partial charge in [0.15, 0.2) is 0 Å². The first kappa shape index (κ1) is 26.3. The molecule has 0 aromatic heterocycles. The normalized spacial score (nSPS) is 17.6. The molecule has 0 aliphatic rings. The van der Waals surface area contributed by atoms with E-state index in [2.05, 4.69) is 11.8 Å². The number of unbranched alkanes of at least 4 members (excludes halogenated alkanes) is 1. The Morgan fingerprint density at radius 2 is 1.44 bits per heavy atom. The largest absolute Gasteiger partial charge is 0.345 e. The Bertz CT molecular complexity index is 413.